The molecule has 1 heterocycles. The molecule has 0 bridgehead atoms. The number of carbonyl (C=O) groups is 3. The minimum Gasteiger partial charge on any atom is -0.478 e. The van der Waals surface area contributed by atoms with Gasteiger partial charge in [-0.15, -0.1) is 0 Å². The van der Waals surface area contributed by atoms with Crippen molar-refractivity contribution in [2.24, 2.45) is 0 Å². The number of thiocarbonyl (C=S) groups is 1. The molecule has 2 amide bonds. The Balaban J connectivity index is 1.63. The predicted molar refractivity (Wildman–Crippen MR) is 129 cm³/mol. The van der Waals surface area contributed by atoms with Gasteiger partial charge in [0.1, 0.15) is 10.1 Å². The van der Waals surface area contributed by atoms with Crippen molar-refractivity contribution in [2.45, 2.75) is 19.5 Å². The Morgan fingerprint density at radius 1 is 1.21 bits per heavy atom. The van der Waals surface area contributed by atoms with Crippen molar-refractivity contribution in [3.63, 3.8) is 0 Å². The van der Waals surface area contributed by atoms with Gasteiger partial charge in [0.15, 0.2) is 0 Å². The van der Waals surface area contributed by atoms with E-state index in [0.717, 1.165) is 11.8 Å². The predicted octanol–water partition coefficient (Wildman–Crippen LogP) is 4.63. The Morgan fingerprint density at radius 3 is 2.59 bits per heavy atom. The number of rotatable bonds is 9. The molecule has 11 heteroatoms. The average Bonchev–Trinajstić information content (AvgIpc) is 3.06. The lowest BCUT2D eigenvalue weighted by atomic mass is 10.1. The lowest BCUT2D eigenvalue weighted by Crippen LogP contribution is -2.31. The lowest BCUT2D eigenvalue weighted by molar-refractivity contribution is -0.123. The molecule has 0 aliphatic carbocycles. The number of hydrogen-bond donors (Lipinski definition) is 1. The van der Waals surface area contributed by atoms with Gasteiger partial charge >= 0.3 is 12.6 Å². The molecule has 0 unspecified atom stereocenters. The molecule has 2 aromatic rings. The molecule has 3 rings (SSSR count). The Kier molecular flexibility index (Phi) is 8.35. The fourth-order valence-electron chi connectivity index (χ4n) is 3.27. The molecule has 1 N–H and O–H groups in total. The van der Waals surface area contributed by atoms with Gasteiger partial charge in [-0.05, 0) is 30.7 Å². The Labute approximate surface area is 204 Å². The maximum Gasteiger partial charge on any atom is 0.387 e. The third-order valence-electron chi connectivity index (χ3n) is 4.94. The van der Waals surface area contributed by atoms with Crippen molar-refractivity contribution in [3.8, 4) is 5.75 Å². The normalized spacial score (nSPS) is 14.7. The molecule has 0 atom stereocenters. The summed E-state index contributed by atoms with van der Waals surface area (Å²) in [5.41, 5.74) is 0.604. The van der Waals surface area contributed by atoms with Crippen LogP contribution >= 0.6 is 24.0 Å². The average molecular weight is 507 g/mol. The first-order chi connectivity index (χ1) is 16.2. The third-order valence-corrected chi connectivity index (χ3v) is 6.32. The van der Waals surface area contributed by atoms with Gasteiger partial charge in [-0.1, -0.05) is 54.3 Å². The standard InChI is InChI=1S/C23H20F2N2O5S2/c1-26(16-9-4-3-8-15(16)21(30)31)19(28)11-6-12-27-20(29)18(34-23(27)33)13-14-7-2-5-10-17(14)32-22(24)25/h2-5,7-10,13,22H,6,11-12H2,1H3,(H,30,31)/b18-13-. The van der Waals surface area contributed by atoms with Crippen LogP contribution in [0.3, 0.4) is 0 Å². The van der Waals surface area contributed by atoms with E-state index in [1.165, 1.54) is 35.1 Å². The van der Waals surface area contributed by atoms with Crippen LogP contribution in [-0.2, 0) is 9.59 Å². The van der Waals surface area contributed by atoms with Crippen molar-refractivity contribution < 1.29 is 33.0 Å². The molecule has 1 aliphatic rings. The third kappa shape index (κ3) is 5.97. The monoisotopic (exact) mass is 506 g/mol. The van der Waals surface area contributed by atoms with E-state index in [0.29, 0.717) is 16.3 Å². The number of alkyl halides is 2. The maximum absolute atomic E-state index is 12.8. The number of aromatic carboxylic acids is 1. The second kappa shape index (κ2) is 11.2. The lowest BCUT2D eigenvalue weighted by Gasteiger charge is -2.20. The number of nitrogens with zero attached hydrogens (tertiary/aromatic N) is 2. The van der Waals surface area contributed by atoms with E-state index >= 15 is 0 Å². The van der Waals surface area contributed by atoms with Crippen molar-refractivity contribution in [1.29, 1.82) is 0 Å². The zero-order chi connectivity index (χ0) is 24.8. The topological polar surface area (TPSA) is 87.2 Å². The molecule has 0 radical (unpaired) electrons. The molecule has 1 fully saturated rings. The zero-order valence-electron chi connectivity index (χ0n) is 17.9. The van der Waals surface area contributed by atoms with Crippen molar-refractivity contribution in [1.82, 2.24) is 4.90 Å². The summed E-state index contributed by atoms with van der Waals surface area (Å²) in [6.45, 7) is -2.82. The number of ether oxygens (including phenoxy) is 1. The van der Waals surface area contributed by atoms with Crippen molar-refractivity contribution >= 4 is 57.8 Å². The first-order valence-corrected chi connectivity index (χ1v) is 11.3. The number of amides is 2. The van der Waals surface area contributed by atoms with E-state index in [4.69, 9.17) is 12.2 Å². The molecular formula is C23H20F2N2O5S2. The fraction of sp³-hybridized carbons (Fsp3) is 0.217. The quantitative estimate of drug-likeness (QED) is 0.392. The summed E-state index contributed by atoms with van der Waals surface area (Å²) in [4.78, 5) is 39.7. The van der Waals surface area contributed by atoms with Gasteiger partial charge in [-0.25, -0.2) is 4.79 Å². The molecule has 1 saturated heterocycles. The van der Waals surface area contributed by atoms with Gasteiger partial charge in [0.25, 0.3) is 5.91 Å². The Morgan fingerprint density at radius 2 is 1.88 bits per heavy atom. The van der Waals surface area contributed by atoms with Crippen LogP contribution in [0.4, 0.5) is 14.5 Å². The van der Waals surface area contributed by atoms with Gasteiger partial charge in [-0.3, -0.25) is 14.5 Å². The fourth-order valence-corrected chi connectivity index (χ4v) is 4.57. The van der Waals surface area contributed by atoms with Gasteiger partial charge < -0.3 is 14.7 Å². The van der Waals surface area contributed by atoms with Crippen molar-refractivity contribution in [3.05, 3.63) is 64.6 Å². The minimum atomic E-state index is -3.00. The number of benzene rings is 2. The van der Waals surface area contributed by atoms with Crippen LogP contribution in [0.5, 0.6) is 5.75 Å². The number of thioether (sulfide) groups is 1. The highest BCUT2D eigenvalue weighted by molar-refractivity contribution is 8.26. The van der Waals surface area contributed by atoms with E-state index < -0.39 is 12.6 Å². The summed E-state index contributed by atoms with van der Waals surface area (Å²) in [5, 5.41) is 9.32. The molecular weight excluding hydrogens is 486 g/mol. The van der Waals surface area contributed by atoms with Gasteiger partial charge in [0, 0.05) is 25.6 Å². The number of halogens is 2. The molecule has 7 nitrogen and oxygen atoms in total. The second-order valence-corrected chi connectivity index (χ2v) is 8.80. The van der Waals surface area contributed by atoms with Crippen LogP contribution in [0.2, 0.25) is 0 Å². The Bertz CT molecular complexity index is 1160. The number of hydrogen-bond acceptors (Lipinski definition) is 6. The van der Waals surface area contributed by atoms with Gasteiger partial charge in [-0.2, -0.15) is 8.78 Å². The van der Waals surface area contributed by atoms with Gasteiger partial charge in [0.2, 0.25) is 5.91 Å². The van der Waals surface area contributed by atoms with E-state index in [9.17, 15) is 28.3 Å². The molecule has 0 saturated carbocycles. The maximum atomic E-state index is 12.8. The summed E-state index contributed by atoms with van der Waals surface area (Å²) in [6.07, 6.45) is 1.80. The van der Waals surface area contributed by atoms with E-state index in [2.05, 4.69) is 4.74 Å². The zero-order valence-corrected chi connectivity index (χ0v) is 19.6. The summed E-state index contributed by atoms with van der Waals surface area (Å²) in [6, 6.07) is 12.3. The highest BCUT2D eigenvalue weighted by atomic mass is 32.2. The molecule has 2 aromatic carbocycles. The molecule has 34 heavy (non-hydrogen) atoms. The van der Waals surface area contributed by atoms with Crippen LogP contribution < -0.4 is 9.64 Å². The highest BCUT2D eigenvalue weighted by Gasteiger charge is 2.32. The van der Waals surface area contributed by atoms with Gasteiger partial charge in [0.05, 0.1) is 16.2 Å². The smallest absolute Gasteiger partial charge is 0.387 e. The van der Waals surface area contributed by atoms with Crippen LogP contribution in [0.15, 0.2) is 53.4 Å². The Hall–Kier alpha value is -3.31. The van der Waals surface area contributed by atoms with Crippen LogP contribution in [-0.4, -0.2) is 52.3 Å². The molecule has 0 spiro atoms. The first kappa shape index (κ1) is 25.3. The largest absolute Gasteiger partial charge is 0.478 e. The number of carboxylic acids is 1. The van der Waals surface area contributed by atoms with Crippen molar-refractivity contribution in [2.75, 3.05) is 18.5 Å². The molecule has 0 aromatic heterocycles. The van der Waals surface area contributed by atoms with Crippen LogP contribution in [0, 0.1) is 0 Å². The van der Waals surface area contributed by atoms with E-state index in [-0.39, 0.29) is 46.7 Å². The minimum absolute atomic E-state index is 0.0107. The molecule has 1 aliphatic heterocycles. The van der Waals surface area contributed by atoms with Crippen LogP contribution in [0.25, 0.3) is 6.08 Å². The summed E-state index contributed by atoms with van der Waals surface area (Å²) in [7, 11) is 1.49. The highest BCUT2D eigenvalue weighted by Crippen LogP contribution is 2.34. The molecule has 178 valence electrons. The number of carboxylic acid groups (broad SMARTS) is 1. The van der Waals surface area contributed by atoms with E-state index in [1.807, 2.05) is 0 Å². The SMILES string of the molecule is CN(C(=O)CCCN1C(=O)/C(=C/c2ccccc2OC(F)F)SC1=S)c1ccccc1C(=O)O. The summed E-state index contributed by atoms with van der Waals surface area (Å²) < 4.78 is 30.1. The van der Waals surface area contributed by atoms with Crippen LogP contribution in [0.1, 0.15) is 28.8 Å². The first-order valence-electron chi connectivity index (χ1n) is 10.1. The second-order valence-electron chi connectivity index (χ2n) is 7.13. The number of carbonyl (C=O) groups excluding carboxylic acids is 2. The summed E-state index contributed by atoms with van der Waals surface area (Å²) >= 11 is 6.32. The number of para-hydroxylation sites is 2. The number of anilines is 1. The van der Waals surface area contributed by atoms with E-state index in [1.54, 1.807) is 36.4 Å². The summed E-state index contributed by atoms with van der Waals surface area (Å²) in [5.74, 6) is -1.90.